The molecule has 1 amide bonds. The number of aryl methyl sites for hydroxylation is 1. The second kappa shape index (κ2) is 7.23. The fraction of sp³-hybridized carbons (Fsp3) is 0.250. The van der Waals surface area contributed by atoms with Crippen molar-refractivity contribution in [2.24, 2.45) is 0 Å². The van der Waals surface area contributed by atoms with Crippen LogP contribution in [0.2, 0.25) is 0 Å². The van der Waals surface area contributed by atoms with Gasteiger partial charge in [0.2, 0.25) is 0 Å². The van der Waals surface area contributed by atoms with Gasteiger partial charge in [0.1, 0.15) is 11.8 Å². The molecule has 11 heteroatoms. The summed E-state index contributed by atoms with van der Waals surface area (Å²) in [5.74, 6) is -4.14. The van der Waals surface area contributed by atoms with Crippen molar-refractivity contribution < 1.29 is 43.5 Å². The Kier molecular flexibility index (Phi) is 5.85. The summed E-state index contributed by atoms with van der Waals surface area (Å²) in [6.07, 6.45) is -0.821. The van der Waals surface area contributed by atoms with Crippen molar-refractivity contribution in [1.82, 2.24) is 5.32 Å². The lowest BCUT2D eigenvalue weighted by Gasteiger charge is -2.14. The summed E-state index contributed by atoms with van der Waals surface area (Å²) in [5.41, 5.74) is 0.288. The summed E-state index contributed by atoms with van der Waals surface area (Å²) in [7, 11) is -4.82. The Morgan fingerprint density at radius 1 is 1.22 bits per heavy atom. The summed E-state index contributed by atoms with van der Waals surface area (Å²) in [4.78, 5) is 51.0. The molecule has 0 radical (unpaired) electrons. The Hall–Kier alpha value is -2.42. The first-order valence-corrected chi connectivity index (χ1v) is 7.63. The second-order valence-corrected chi connectivity index (χ2v) is 5.74. The minimum Gasteiger partial charge on any atom is -0.481 e. The van der Waals surface area contributed by atoms with Crippen LogP contribution in [0.3, 0.4) is 0 Å². The molecule has 0 aliphatic heterocycles. The van der Waals surface area contributed by atoms with E-state index < -0.39 is 38.1 Å². The molecule has 0 aliphatic rings. The van der Waals surface area contributed by atoms with Crippen LogP contribution >= 0.6 is 7.82 Å². The third-order valence-electron chi connectivity index (χ3n) is 2.52. The van der Waals surface area contributed by atoms with Gasteiger partial charge >= 0.3 is 19.8 Å². The van der Waals surface area contributed by atoms with Gasteiger partial charge in [-0.3, -0.25) is 19.4 Å². The summed E-state index contributed by atoms with van der Waals surface area (Å²) in [6.45, 7) is 1.52. The van der Waals surface area contributed by atoms with E-state index in [-0.39, 0.29) is 11.3 Å². The van der Waals surface area contributed by atoms with Crippen molar-refractivity contribution >= 4 is 25.7 Å². The smallest absolute Gasteiger partial charge is 0.481 e. The third-order valence-corrected chi connectivity index (χ3v) is 2.97. The SMILES string of the molecule is Cc1cc(OP(=O)(O)O)cc(C(=O)N[C@@H](CC(=O)O)C(=O)O)c1. The largest absolute Gasteiger partial charge is 0.524 e. The fourth-order valence-corrected chi connectivity index (χ4v) is 2.07. The predicted octanol–water partition coefficient (Wildman–Crippen LogP) is 0.124. The van der Waals surface area contributed by atoms with Crippen molar-refractivity contribution in [2.75, 3.05) is 0 Å². The minimum absolute atomic E-state index is 0.134. The molecule has 0 unspecified atom stereocenters. The molecule has 10 nitrogen and oxygen atoms in total. The Morgan fingerprint density at radius 3 is 2.30 bits per heavy atom. The lowest BCUT2D eigenvalue weighted by Crippen LogP contribution is -2.42. The molecule has 1 aromatic rings. The lowest BCUT2D eigenvalue weighted by atomic mass is 10.1. The van der Waals surface area contributed by atoms with Crippen molar-refractivity contribution in [2.45, 2.75) is 19.4 Å². The van der Waals surface area contributed by atoms with Crippen LogP contribution in [-0.4, -0.2) is 43.9 Å². The van der Waals surface area contributed by atoms with E-state index in [0.717, 1.165) is 6.07 Å². The summed E-state index contributed by atoms with van der Waals surface area (Å²) in [5, 5.41) is 19.5. The normalized spacial score (nSPS) is 12.3. The van der Waals surface area contributed by atoms with Crippen molar-refractivity contribution in [3.05, 3.63) is 29.3 Å². The summed E-state index contributed by atoms with van der Waals surface area (Å²) < 4.78 is 15.2. The Balaban J connectivity index is 3.00. The van der Waals surface area contributed by atoms with Crippen LogP contribution in [0.15, 0.2) is 18.2 Å². The lowest BCUT2D eigenvalue weighted by molar-refractivity contribution is -0.145. The third kappa shape index (κ3) is 6.47. The molecule has 0 saturated heterocycles. The molecule has 126 valence electrons. The van der Waals surface area contributed by atoms with Crippen LogP contribution in [0.5, 0.6) is 5.75 Å². The van der Waals surface area contributed by atoms with Crippen LogP contribution in [0.4, 0.5) is 0 Å². The predicted molar refractivity (Wildman–Crippen MR) is 75.0 cm³/mol. The number of phosphoric acid groups is 1. The van der Waals surface area contributed by atoms with Gasteiger partial charge in [0.25, 0.3) is 5.91 Å². The highest BCUT2D eigenvalue weighted by Crippen LogP contribution is 2.38. The van der Waals surface area contributed by atoms with Crippen LogP contribution in [0.1, 0.15) is 22.3 Å². The molecule has 1 aromatic carbocycles. The molecule has 0 bridgehead atoms. The number of carbonyl (C=O) groups excluding carboxylic acids is 1. The van der Waals surface area contributed by atoms with Crippen LogP contribution in [0.25, 0.3) is 0 Å². The number of amides is 1. The molecule has 1 rings (SSSR count). The van der Waals surface area contributed by atoms with E-state index in [1.165, 1.54) is 19.1 Å². The van der Waals surface area contributed by atoms with Crippen molar-refractivity contribution in [3.63, 3.8) is 0 Å². The van der Waals surface area contributed by atoms with E-state index in [4.69, 9.17) is 20.0 Å². The fourth-order valence-electron chi connectivity index (χ4n) is 1.69. The number of phosphoric ester groups is 1. The van der Waals surface area contributed by atoms with Gasteiger partial charge in [-0.15, -0.1) is 0 Å². The van der Waals surface area contributed by atoms with Gasteiger partial charge in [-0.05, 0) is 30.7 Å². The number of aliphatic carboxylic acids is 2. The first kappa shape index (κ1) is 18.6. The number of carbonyl (C=O) groups is 3. The zero-order chi connectivity index (χ0) is 17.8. The molecule has 0 aromatic heterocycles. The number of rotatable bonds is 7. The molecular formula is C12H14NO9P. The van der Waals surface area contributed by atoms with Crippen LogP contribution < -0.4 is 9.84 Å². The number of carboxylic acid groups (broad SMARTS) is 2. The highest BCUT2D eigenvalue weighted by molar-refractivity contribution is 7.46. The first-order chi connectivity index (χ1) is 10.5. The van der Waals surface area contributed by atoms with Gasteiger partial charge < -0.3 is 20.1 Å². The summed E-state index contributed by atoms with van der Waals surface area (Å²) >= 11 is 0. The van der Waals surface area contributed by atoms with Crippen LogP contribution in [0, 0.1) is 6.92 Å². The maximum Gasteiger partial charge on any atom is 0.524 e. The molecule has 23 heavy (non-hydrogen) atoms. The highest BCUT2D eigenvalue weighted by Gasteiger charge is 2.24. The first-order valence-electron chi connectivity index (χ1n) is 6.10. The molecular weight excluding hydrogens is 333 g/mol. The number of carboxylic acids is 2. The second-order valence-electron chi connectivity index (χ2n) is 4.58. The van der Waals surface area contributed by atoms with E-state index in [1.807, 2.05) is 5.32 Å². The van der Waals surface area contributed by atoms with Gasteiger partial charge in [-0.25, -0.2) is 9.36 Å². The maximum absolute atomic E-state index is 12.0. The number of hydrogen-bond donors (Lipinski definition) is 5. The molecule has 0 aliphatic carbocycles. The maximum atomic E-state index is 12.0. The topological polar surface area (TPSA) is 170 Å². The zero-order valence-electron chi connectivity index (χ0n) is 11.8. The molecule has 0 saturated carbocycles. The van der Waals surface area contributed by atoms with E-state index in [2.05, 4.69) is 4.52 Å². The van der Waals surface area contributed by atoms with Crippen molar-refractivity contribution in [1.29, 1.82) is 0 Å². The van der Waals surface area contributed by atoms with Gasteiger partial charge in [-0.2, -0.15) is 0 Å². The van der Waals surface area contributed by atoms with E-state index in [9.17, 15) is 18.9 Å². The van der Waals surface area contributed by atoms with Crippen LogP contribution in [-0.2, 0) is 14.2 Å². The molecule has 0 heterocycles. The van der Waals surface area contributed by atoms with E-state index >= 15 is 0 Å². The van der Waals surface area contributed by atoms with E-state index in [1.54, 1.807) is 0 Å². The number of benzene rings is 1. The van der Waals surface area contributed by atoms with Gasteiger partial charge in [0.15, 0.2) is 0 Å². The van der Waals surface area contributed by atoms with Crippen molar-refractivity contribution in [3.8, 4) is 5.75 Å². The molecule has 0 fully saturated rings. The van der Waals surface area contributed by atoms with Gasteiger partial charge in [0.05, 0.1) is 6.42 Å². The highest BCUT2D eigenvalue weighted by atomic mass is 31.2. The molecule has 5 N–H and O–H groups in total. The monoisotopic (exact) mass is 347 g/mol. The zero-order valence-corrected chi connectivity index (χ0v) is 12.7. The Bertz CT molecular complexity index is 681. The molecule has 1 atom stereocenters. The average molecular weight is 347 g/mol. The quantitative estimate of drug-likeness (QED) is 0.430. The van der Waals surface area contributed by atoms with Gasteiger partial charge in [-0.1, -0.05) is 0 Å². The Labute approximate surface area is 129 Å². The summed E-state index contributed by atoms with van der Waals surface area (Å²) in [6, 6.07) is 1.94. The molecule has 0 spiro atoms. The number of hydrogen-bond acceptors (Lipinski definition) is 5. The number of nitrogens with one attached hydrogen (secondary N) is 1. The van der Waals surface area contributed by atoms with E-state index in [0.29, 0.717) is 5.56 Å². The van der Waals surface area contributed by atoms with Gasteiger partial charge in [0, 0.05) is 5.56 Å². The standard InChI is InChI=1S/C12H14NO9P/c1-6-2-7(4-8(3-6)22-23(19,20)21)11(16)13-9(12(17)18)5-10(14)15/h2-4,9H,5H2,1H3,(H,13,16)(H,14,15)(H,17,18)(H2,19,20,21)/t9-/m0/s1. The average Bonchev–Trinajstić information content (AvgIpc) is 2.34. The minimum atomic E-state index is -4.82. The Morgan fingerprint density at radius 2 is 1.83 bits per heavy atom.